The summed E-state index contributed by atoms with van der Waals surface area (Å²) in [5.74, 6) is 0.991. The Kier molecular flexibility index (Phi) is 0.396. The van der Waals surface area contributed by atoms with E-state index in [9.17, 15) is 0 Å². The molecule has 2 fully saturated rings. The Morgan fingerprint density at radius 3 is 2.67 bits per heavy atom. The number of fused-ring (bicyclic) bond motifs is 1. The molecule has 2 rings (SSSR count). The number of rotatable bonds is 0. The summed E-state index contributed by atoms with van der Waals surface area (Å²) >= 11 is 0. The molecule has 1 saturated carbocycles. The Labute approximate surface area is 37.3 Å². The minimum absolute atomic E-state index is 0.713. The quantitative estimate of drug-likeness (QED) is 0.421. The molecule has 1 heteroatoms. The third-order valence-electron chi connectivity index (χ3n) is 1.68. The van der Waals surface area contributed by atoms with E-state index >= 15 is 0 Å². The lowest BCUT2D eigenvalue weighted by Crippen LogP contribution is -1.84. The zero-order valence-electron chi connectivity index (χ0n) is 3.68. The van der Waals surface area contributed by atoms with Gasteiger partial charge in [-0.25, -0.2) is 0 Å². The van der Waals surface area contributed by atoms with Crippen molar-refractivity contribution in [1.29, 1.82) is 0 Å². The first-order chi connectivity index (χ1) is 2.97. The van der Waals surface area contributed by atoms with Gasteiger partial charge in [-0.05, 0) is 18.8 Å². The van der Waals surface area contributed by atoms with Crippen molar-refractivity contribution in [3.8, 4) is 0 Å². The van der Waals surface area contributed by atoms with Crippen molar-refractivity contribution in [2.75, 3.05) is 6.61 Å². The van der Waals surface area contributed by atoms with Crippen LogP contribution in [0.15, 0.2) is 0 Å². The van der Waals surface area contributed by atoms with Crippen molar-refractivity contribution in [2.45, 2.75) is 18.9 Å². The fourth-order valence-electron chi connectivity index (χ4n) is 1.10. The summed E-state index contributed by atoms with van der Waals surface area (Å²) in [7, 11) is 0. The van der Waals surface area contributed by atoms with Crippen LogP contribution in [0.4, 0.5) is 0 Å². The predicted molar refractivity (Wildman–Crippen MR) is 22.5 cm³/mol. The average molecular weight is 84.1 g/mol. The fourth-order valence-corrected chi connectivity index (χ4v) is 1.10. The molecule has 1 nitrogen and oxygen atoms in total. The Balaban J connectivity index is 2.09. The Morgan fingerprint density at radius 1 is 1.50 bits per heavy atom. The van der Waals surface area contributed by atoms with Crippen LogP contribution >= 0.6 is 0 Å². The highest BCUT2D eigenvalue weighted by molar-refractivity contribution is 4.91. The van der Waals surface area contributed by atoms with Crippen LogP contribution < -0.4 is 0 Å². The smallest absolute Gasteiger partial charge is 0.0608 e. The molecule has 0 aromatic heterocycles. The number of hydrogen-bond acceptors (Lipinski definition) is 1. The summed E-state index contributed by atoms with van der Waals surface area (Å²) < 4.78 is 5.23. The topological polar surface area (TPSA) is 9.23 Å². The molecule has 2 aliphatic rings. The second kappa shape index (κ2) is 0.784. The average Bonchev–Trinajstić information content (AvgIpc) is 2.17. The largest absolute Gasteiger partial charge is 0.378 e. The molecule has 6 heavy (non-hydrogen) atoms. The van der Waals surface area contributed by atoms with Crippen LogP contribution in [0.25, 0.3) is 0 Å². The van der Waals surface area contributed by atoms with Crippen molar-refractivity contribution in [1.82, 2.24) is 0 Å². The van der Waals surface area contributed by atoms with Crippen molar-refractivity contribution < 1.29 is 4.74 Å². The third kappa shape index (κ3) is 0.243. The molecule has 1 unspecified atom stereocenters. The predicted octanol–water partition coefficient (Wildman–Crippen LogP) is 0.795. The lowest BCUT2D eigenvalue weighted by molar-refractivity contribution is 0.156. The summed E-state index contributed by atoms with van der Waals surface area (Å²) in [4.78, 5) is 0. The van der Waals surface area contributed by atoms with Crippen LogP contribution in [0.3, 0.4) is 0 Å². The molecule has 0 radical (unpaired) electrons. The number of ether oxygens (including phenoxy) is 1. The van der Waals surface area contributed by atoms with Gasteiger partial charge in [0.15, 0.2) is 0 Å². The number of hydrogen-bond donors (Lipinski definition) is 0. The highest BCUT2D eigenvalue weighted by Gasteiger charge is 2.42. The highest BCUT2D eigenvalue weighted by atomic mass is 16.5. The van der Waals surface area contributed by atoms with Crippen LogP contribution in [0.1, 0.15) is 12.8 Å². The van der Waals surface area contributed by atoms with E-state index in [1.54, 1.807) is 0 Å². The zero-order chi connectivity index (χ0) is 3.98. The maximum Gasteiger partial charge on any atom is 0.0608 e. The van der Waals surface area contributed by atoms with Gasteiger partial charge in [-0.2, -0.15) is 0 Å². The van der Waals surface area contributed by atoms with Gasteiger partial charge in [-0.1, -0.05) is 0 Å². The molecule has 0 N–H and O–H groups in total. The lowest BCUT2D eigenvalue weighted by Gasteiger charge is -1.86. The first kappa shape index (κ1) is 3.03. The second-order valence-electron chi connectivity index (χ2n) is 2.19. The molecular weight excluding hydrogens is 76.1 g/mol. The van der Waals surface area contributed by atoms with E-state index in [0.717, 1.165) is 12.5 Å². The van der Waals surface area contributed by atoms with Crippen molar-refractivity contribution in [3.05, 3.63) is 0 Å². The van der Waals surface area contributed by atoms with Gasteiger partial charge in [0.05, 0.1) is 6.10 Å². The van der Waals surface area contributed by atoms with Gasteiger partial charge < -0.3 is 4.74 Å². The minimum Gasteiger partial charge on any atom is -0.378 e. The molecule has 0 aromatic carbocycles. The Hall–Kier alpha value is -0.0400. The molecule has 0 bridgehead atoms. The zero-order valence-corrected chi connectivity index (χ0v) is 3.68. The van der Waals surface area contributed by atoms with Crippen LogP contribution in [-0.4, -0.2) is 12.7 Å². The van der Waals surface area contributed by atoms with E-state index in [1.807, 2.05) is 0 Å². The van der Waals surface area contributed by atoms with Gasteiger partial charge >= 0.3 is 0 Å². The maximum atomic E-state index is 5.23. The van der Waals surface area contributed by atoms with Crippen LogP contribution in [-0.2, 0) is 4.74 Å². The molecule has 0 spiro atoms. The van der Waals surface area contributed by atoms with Gasteiger partial charge in [0.1, 0.15) is 0 Å². The standard InChI is InChI=1S/C5H8O/c1-2-6-5-3-4(1)5/h4-5H,1-3H2/t4?,5-/m1/s1. The molecule has 0 aromatic rings. The van der Waals surface area contributed by atoms with Gasteiger partial charge in [0.2, 0.25) is 0 Å². The van der Waals surface area contributed by atoms with Gasteiger partial charge in [-0.3, -0.25) is 0 Å². The normalized spacial score (nSPS) is 52.0. The molecule has 1 aliphatic carbocycles. The Bertz CT molecular complexity index is 62.3. The highest BCUT2D eigenvalue weighted by Crippen LogP contribution is 2.41. The van der Waals surface area contributed by atoms with E-state index in [1.165, 1.54) is 12.8 Å². The van der Waals surface area contributed by atoms with E-state index in [4.69, 9.17) is 4.74 Å². The van der Waals surface area contributed by atoms with E-state index < -0.39 is 0 Å². The molecule has 1 saturated heterocycles. The molecular formula is C5H8O. The van der Waals surface area contributed by atoms with E-state index in [2.05, 4.69) is 0 Å². The Morgan fingerprint density at radius 2 is 2.50 bits per heavy atom. The minimum atomic E-state index is 0.713. The van der Waals surface area contributed by atoms with Crippen molar-refractivity contribution in [2.24, 2.45) is 5.92 Å². The monoisotopic (exact) mass is 84.1 g/mol. The van der Waals surface area contributed by atoms with E-state index in [0.29, 0.717) is 6.10 Å². The van der Waals surface area contributed by atoms with Crippen molar-refractivity contribution >= 4 is 0 Å². The third-order valence-corrected chi connectivity index (χ3v) is 1.68. The lowest BCUT2D eigenvalue weighted by atomic mass is 10.3. The summed E-state index contributed by atoms with van der Waals surface area (Å²) in [6.45, 7) is 1.04. The molecule has 0 amide bonds. The van der Waals surface area contributed by atoms with Gasteiger partial charge in [0.25, 0.3) is 0 Å². The molecule has 2 atom stereocenters. The van der Waals surface area contributed by atoms with Crippen LogP contribution in [0, 0.1) is 5.92 Å². The maximum absolute atomic E-state index is 5.23. The SMILES string of the molecule is C1CC2C[C@H]2O1. The van der Waals surface area contributed by atoms with Gasteiger partial charge in [0, 0.05) is 6.61 Å². The summed E-state index contributed by atoms with van der Waals surface area (Å²) in [6, 6.07) is 0. The van der Waals surface area contributed by atoms with Crippen LogP contribution in [0.5, 0.6) is 0 Å². The molecule has 34 valence electrons. The summed E-state index contributed by atoms with van der Waals surface area (Å²) in [6.07, 6.45) is 3.41. The summed E-state index contributed by atoms with van der Waals surface area (Å²) in [5.41, 5.74) is 0. The second-order valence-corrected chi connectivity index (χ2v) is 2.19. The van der Waals surface area contributed by atoms with Crippen molar-refractivity contribution in [3.63, 3.8) is 0 Å². The molecule has 1 heterocycles. The first-order valence-electron chi connectivity index (χ1n) is 2.58. The summed E-state index contributed by atoms with van der Waals surface area (Å²) in [5, 5.41) is 0. The van der Waals surface area contributed by atoms with E-state index in [-0.39, 0.29) is 0 Å². The van der Waals surface area contributed by atoms with Gasteiger partial charge in [-0.15, -0.1) is 0 Å². The fraction of sp³-hybridized carbons (Fsp3) is 1.00. The first-order valence-corrected chi connectivity index (χ1v) is 2.58. The molecule has 1 aliphatic heterocycles. The van der Waals surface area contributed by atoms with Crippen LogP contribution in [0.2, 0.25) is 0 Å².